The molecule has 90 valence electrons. The van der Waals surface area contributed by atoms with E-state index in [1.54, 1.807) is 12.3 Å². The summed E-state index contributed by atoms with van der Waals surface area (Å²) >= 11 is 5.81. The lowest BCUT2D eigenvalue weighted by Crippen LogP contribution is -2.16. The number of para-hydroxylation sites is 1. The van der Waals surface area contributed by atoms with Crippen molar-refractivity contribution in [2.24, 2.45) is 0 Å². The molecule has 1 N–H and O–H groups in total. The Morgan fingerprint density at radius 3 is 2.82 bits per heavy atom. The maximum absolute atomic E-state index is 13.9. The van der Waals surface area contributed by atoms with E-state index in [-0.39, 0.29) is 11.9 Å². The molecule has 2 rings (SSSR count). The fourth-order valence-electron chi connectivity index (χ4n) is 1.70. The van der Waals surface area contributed by atoms with Crippen molar-refractivity contribution >= 4 is 11.6 Å². The van der Waals surface area contributed by atoms with Gasteiger partial charge in [-0.15, -0.1) is 0 Å². The average Bonchev–Trinajstić information content (AvgIpc) is 2.74. The topological polar surface area (TPSA) is 29.9 Å². The Balaban J connectivity index is 2.58. The first kappa shape index (κ1) is 12.1. The molecule has 2 aromatic rings. The van der Waals surface area contributed by atoms with E-state index >= 15 is 0 Å². The summed E-state index contributed by atoms with van der Waals surface area (Å²) in [4.78, 5) is 0. The monoisotopic (exact) mass is 253 g/mol. The minimum atomic E-state index is -0.315. The van der Waals surface area contributed by atoms with Crippen LogP contribution in [0.5, 0.6) is 0 Å². The lowest BCUT2D eigenvalue weighted by Gasteiger charge is -2.16. The molecule has 0 aliphatic carbocycles. The lowest BCUT2D eigenvalue weighted by molar-refractivity contribution is 0.589. The zero-order chi connectivity index (χ0) is 12.4. The molecule has 1 atom stereocenters. The molecule has 1 heterocycles. The second kappa shape index (κ2) is 4.85. The Kier molecular flexibility index (Phi) is 3.45. The number of rotatable bonds is 3. The van der Waals surface area contributed by atoms with E-state index in [2.05, 4.69) is 10.4 Å². The molecule has 3 nitrogen and oxygen atoms in total. The Morgan fingerprint density at radius 2 is 2.24 bits per heavy atom. The maximum Gasteiger partial charge on any atom is 0.149 e. The second-order valence-corrected chi connectivity index (χ2v) is 4.23. The van der Waals surface area contributed by atoms with E-state index in [0.29, 0.717) is 10.7 Å². The first-order valence-corrected chi connectivity index (χ1v) is 5.67. The smallest absolute Gasteiger partial charge is 0.149 e. The number of aromatic nitrogens is 2. The Morgan fingerprint density at radius 1 is 1.47 bits per heavy atom. The van der Waals surface area contributed by atoms with Gasteiger partial charge < -0.3 is 5.32 Å². The van der Waals surface area contributed by atoms with Gasteiger partial charge in [-0.1, -0.05) is 23.7 Å². The molecule has 17 heavy (non-hydrogen) atoms. The normalized spacial score (nSPS) is 12.7. The van der Waals surface area contributed by atoms with E-state index in [9.17, 15) is 4.39 Å². The number of hydrogen-bond acceptors (Lipinski definition) is 2. The van der Waals surface area contributed by atoms with Gasteiger partial charge in [-0.25, -0.2) is 9.07 Å². The van der Waals surface area contributed by atoms with E-state index in [1.165, 1.54) is 16.9 Å². The largest absolute Gasteiger partial charge is 0.313 e. The van der Waals surface area contributed by atoms with Crippen LogP contribution in [-0.2, 0) is 0 Å². The number of hydrogen-bond donors (Lipinski definition) is 1. The molecular weight excluding hydrogens is 241 g/mol. The van der Waals surface area contributed by atoms with Gasteiger partial charge in [0.05, 0.1) is 11.2 Å². The number of halogens is 2. The molecule has 0 fully saturated rings. The predicted octanol–water partition coefficient (Wildman–Crippen LogP) is 2.95. The summed E-state index contributed by atoms with van der Waals surface area (Å²) in [5.74, 6) is -0.315. The van der Waals surface area contributed by atoms with Gasteiger partial charge in [-0.05, 0) is 25.6 Å². The first-order chi connectivity index (χ1) is 8.13. The van der Waals surface area contributed by atoms with Crippen molar-refractivity contribution in [1.82, 2.24) is 15.1 Å². The molecule has 0 aliphatic rings. The zero-order valence-electron chi connectivity index (χ0n) is 9.61. The van der Waals surface area contributed by atoms with Crippen molar-refractivity contribution < 1.29 is 4.39 Å². The van der Waals surface area contributed by atoms with Crippen molar-refractivity contribution in [3.05, 3.63) is 47.0 Å². The molecule has 0 bridgehead atoms. The highest BCUT2D eigenvalue weighted by Crippen LogP contribution is 2.24. The van der Waals surface area contributed by atoms with Crippen molar-refractivity contribution in [3.8, 4) is 5.69 Å². The highest BCUT2D eigenvalue weighted by atomic mass is 35.5. The summed E-state index contributed by atoms with van der Waals surface area (Å²) < 4.78 is 15.4. The third kappa shape index (κ3) is 2.33. The van der Waals surface area contributed by atoms with Gasteiger partial charge in [0.2, 0.25) is 0 Å². The van der Waals surface area contributed by atoms with E-state index < -0.39 is 0 Å². The van der Waals surface area contributed by atoms with Gasteiger partial charge in [-0.3, -0.25) is 0 Å². The Hall–Kier alpha value is -1.39. The maximum atomic E-state index is 13.9. The summed E-state index contributed by atoms with van der Waals surface area (Å²) in [6.45, 7) is 1.96. The second-order valence-electron chi connectivity index (χ2n) is 3.79. The molecule has 1 aromatic heterocycles. The fourth-order valence-corrected chi connectivity index (χ4v) is 1.84. The van der Waals surface area contributed by atoms with Gasteiger partial charge in [0.25, 0.3) is 0 Å². The van der Waals surface area contributed by atoms with Crippen LogP contribution in [0.2, 0.25) is 5.02 Å². The van der Waals surface area contributed by atoms with Crippen molar-refractivity contribution in [3.63, 3.8) is 0 Å². The molecule has 0 aliphatic heterocycles. The molecular formula is C12H13ClFN3. The molecule has 5 heteroatoms. The van der Waals surface area contributed by atoms with Crippen LogP contribution in [0.4, 0.5) is 4.39 Å². The number of nitrogens with one attached hydrogen (secondary N) is 1. The van der Waals surface area contributed by atoms with Crippen LogP contribution in [0, 0.1) is 5.82 Å². The molecule has 0 saturated carbocycles. The van der Waals surface area contributed by atoms with Crippen LogP contribution < -0.4 is 5.32 Å². The van der Waals surface area contributed by atoms with Crippen molar-refractivity contribution in [1.29, 1.82) is 0 Å². The van der Waals surface area contributed by atoms with Crippen LogP contribution in [0.25, 0.3) is 5.69 Å². The summed E-state index contributed by atoms with van der Waals surface area (Å²) in [6.07, 6.45) is 3.08. The Bertz CT molecular complexity index is 524. The average molecular weight is 254 g/mol. The van der Waals surface area contributed by atoms with Crippen LogP contribution in [0.1, 0.15) is 18.5 Å². The standard InChI is InChI=1S/C12H13ClFN3/c1-8(15-2)10-4-3-5-11(14)12(10)17-7-9(13)6-16-17/h3-8,15H,1-2H3. The van der Waals surface area contributed by atoms with E-state index in [0.717, 1.165) is 5.56 Å². The van der Waals surface area contributed by atoms with Gasteiger partial charge >= 0.3 is 0 Å². The van der Waals surface area contributed by atoms with Gasteiger partial charge in [0, 0.05) is 12.2 Å². The van der Waals surface area contributed by atoms with Gasteiger partial charge in [-0.2, -0.15) is 5.10 Å². The predicted molar refractivity (Wildman–Crippen MR) is 66.0 cm³/mol. The molecule has 0 radical (unpaired) electrons. The highest BCUT2D eigenvalue weighted by Gasteiger charge is 2.15. The van der Waals surface area contributed by atoms with Crippen LogP contribution in [0.15, 0.2) is 30.6 Å². The fraction of sp³-hybridized carbons (Fsp3) is 0.250. The van der Waals surface area contributed by atoms with Crippen molar-refractivity contribution in [2.45, 2.75) is 13.0 Å². The minimum absolute atomic E-state index is 0.0312. The number of benzene rings is 1. The Labute approximate surface area is 104 Å². The van der Waals surface area contributed by atoms with Crippen LogP contribution in [-0.4, -0.2) is 16.8 Å². The minimum Gasteiger partial charge on any atom is -0.313 e. The lowest BCUT2D eigenvalue weighted by atomic mass is 10.1. The molecule has 0 amide bonds. The number of nitrogens with zero attached hydrogens (tertiary/aromatic N) is 2. The first-order valence-electron chi connectivity index (χ1n) is 5.29. The molecule has 1 unspecified atom stereocenters. The summed E-state index contributed by atoms with van der Waals surface area (Å²) in [5, 5.41) is 7.61. The quantitative estimate of drug-likeness (QED) is 0.912. The van der Waals surface area contributed by atoms with Crippen LogP contribution >= 0.6 is 11.6 Å². The highest BCUT2D eigenvalue weighted by molar-refractivity contribution is 6.30. The van der Waals surface area contributed by atoms with E-state index in [4.69, 9.17) is 11.6 Å². The van der Waals surface area contributed by atoms with Gasteiger partial charge in [0.1, 0.15) is 11.5 Å². The molecule has 0 spiro atoms. The summed E-state index contributed by atoms with van der Waals surface area (Å²) in [6, 6.07) is 5.00. The summed E-state index contributed by atoms with van der Waals surface area (Å²) in [5.41, 5.74) is 1.27. The SMILES string of the molecule is CNC(C)c1cccc(F)c1-n1cc(Cl)cn1. The van der Waals surface area contributed by atoms with Crippen LogP contribution in [0.3, 0.4) is 0 Å². The van der Waals surface area contributed by atoms with Crippen molar-refractivity contribution in [2.75, 3.05) is 7.05 Å². The summed E-state index contributed by atoms with van der Waals surface area (Å²) in [7, 11) is 1.83. The molecule has 0 saturated heterocycles. The zero-order valence-corrected chi connectivity index (χ0v) is 10.4. The van der Waals surface area contributed by atoms with Gasteiger partial charge in [0.15, 0.2) is 0 Å². The van der Waals surface area contributed by atoms with E-state index in [1.807, 2.05) is 20.0 Å². The third-order valence-electron chi connectivity index (χ3n) is 2.70. The molecule has 1 aromatic carbocycles. The third-order valence-corrected chi connectivity index (χ3v) is 2.89.